The lowest BCUT2D eigenvalue weighted by molar-refractivity contribution is -0.128. The minimum atomic E-state index is -0.0584. The maximum atomic E-state index is 12.8. The molecule has 2 fully saturated rings. The highest BCUT2D eigenvalue weighted by molar-refractivity contribution is 7.05. The van der Waals surface area contributed by atoms with Gasteiger partial charge in [0.25, 0.3) is 5.91 Å². The number of rotatable bonds is 3. The van der Waals surface area contributed by atoms with E-state index < -0.39 is 0 Å². The number of aromatic amines is 1. The van der Waals surface area contributed by atoms with E-state index in [0.29, 0.717) is 24.6 Å². The summed E-state index contributed by atoms with van der Waals surface area (Å²) >= 11 is 1.24. The number of H-pyrrole nitrogens is 1. The number of carbonyl (C=O) groups is 2. The van der Waals surface area contributed by atoms with Gasteiger partial charge in [0, 0.05) is 31.6 Å². The van der Waals surface area contributed by atoms with Gasteiger partial charge in [-0.15, -0.1) is 5.10 Å². The lowest BCUT2D eigenvalue weighted by Gasteiger charge is -2.40. The summed E-state index contributed by atoms with van der Waals surface area (Å²) in [6.45, 7) is 2.97. The van der Waals surface area contributed by atoms with Gasteiger partial charge < -0.3 is 14.8 Å². The molecule has 0 aromatic carbocycles. The number of hydrogen-bond donors (Lipinski definition) is 1. The second-order valence-corrected chi connectivity index (χ2v) is 7.28. The van der Waals surface area contributed by atoms with Crippen LogP contribution in [0.1, 0.15) is 34.0 Å². The molecule has 0 spiro atoms. The third-order valence-electron chi connectivity index (χ3n) is 4.79. The molecule has 8 nitrogen and oxygen atoms in total. The van der Waals surface area contributed by atoms with Crippen LogP contribution in [0.2, 0.25) is 0 Å². The molecule has 2 aromatic rings. The van der Waals surface area contributed by atoms with Crippen molar-refractivity contribution in [1.82, 2.24) is 29.4 Å². The van der Waals surface area contributed by atoms with Gasteiger partial charge in [0.2, 0.25) is 5.91 Å². The van der Waals surface area contributed by atoms with Crippen molar-refractivity contribution in [1.29, 1.82) is 0 Å². The first-order valence-corrected chi connectivity index (χ1v) is 8.99. The highest BCUT2D eigenvalue weighted by atomic mass is 32.1. The Kier molecular flexibility index (Phi) is 4.08. The van der Waals surface area contributed by atoms with E-state index >= 15 is 0 Å². The van der Waals surface area contributed by atoms with Gasteiger partial charge in [-0.1, -0.05) is 4.49 Å². The monoisotopic (exact) mass is 358 g/mol. The van der Waals surface area contributed by atoms with Crippen LogP contribution < -0.4 is 0 Å². The summed E-state index contributed by atoms with van der Waals surface area (Å²) in [6, 6.07) is 0.0987. The Hall–Kier alpha value is -2.55. The Bertz CT molecular complexity index is 800. The minimum absolute atomic E-state index is 0.0492. The van der Waals surface area contributed by atoms with Crippen LogP contribution in [0.4, 0.5) is 0 Å². The van der Waals surface area contributed by atoms with Crippen molar-refractivity contribution in [3.8, 4) is 0 Å². The van der Waals surface area contributed by atoms with Crippen LogP contribution in [-0.4, -0.2) is 66.3 Å². The smallest absolute Gasteiger partial charge is 0.276 e. The largest absolute Gasteiger partial charge is 0.345 e. The lowest BCUT2D eigenvalue weighted by atomic mass is 10.1. The fourth-order valence-corrected chi connectivity index (χ4v) is 4.05. The number of fused-ring (bicyclic) bond motifs is 2. The Morgan fingerprint density at radius 2 is 2.08 bits per heavy atom. The summed E-state index contributed by atoms with van der Waals surface area (Å²) in [7, 11) is 0. The molecule has 2 aliphatic rings. The number of aromatic nitrogens is 4. The maximum Gasteiger partial charge on any atom is 0.276 e. The van der Waals surface area contributed by atoms with Crippen LogP contribution >= 0.6 is 11.5 Å². The second kappa shape index (κ2) is 6.40. The first-order chi connectivity index (χ1) is 12.1. The number of carbonyl (C=O) groups excluding carboxylic acids is 2. The van der Waals surface area contributed by atoms with Crippen molar-refractivity contribution < 1.29 is 9.59 Å². The molecule has 25 heavy (non-hydrogen) atoms. The number of amides is 2. The molecule has 0 saturated carbocycles. The molecule has 1 N–H and O–H groups in total. The number of likely N-dealkylation sites (tertiary alicyclic amines) is 1. The zero-order valence-electron chi connectivity index (χ0n) is 13.8. The molecule has 0 aliphatic carbocycles. The average molecular weight is 358 g/mol. The van der Waals surface area contributed by atoms with Crippen LogP contribution in [0.5, 0.6) is 0 Å². The van der Waals surface area contributed by atoms with Crippen LogP contribution in [0, 0.1) is 6.92 Å². The van der Waals surface area contributed by atoms with E-state index in [2.05, 4.69) is 19.6 Å². The lowest BCUT2D eigenvalue weighted by Crippen LogP contribution is -2.57. The molecule has 9 heteroatoms. The highest BCUT2D eigenvalue weighted by Gasteiger charge is 2.44. The maximum absolute atomic E-state index is 12.8. The van der Waals surface area contributed by atoms with Gasteiger partial charge in [-0.25, -0.2) is 4.98 Å². The van der Waals surface area contributed by atoms with Crippen molar-refractivity contribution in [3.05, 3.63) is 34.9 Å². The summed E-state index contributed by atoms with van der Waals surface area (Å²) in [5, 5.41) is 3.97. The van der Waals surface area contributed by atoms with Crippen molar-refractivity contribution in [2.75, 3.05) is 13.1 Å². The van der Waals surface area contributed by atoms with Crippen molar-refractivity contribution >= 4 is 29.4 Å². The Morgan fingerprint density at radius 3 is 2.68 bits per heavy atom. The standard InChI is InChI=1S/C16H18N6O2S/c1-10-15(19-20-25-10)16(24)22-11-2-3-12(22)9-21(8-11)14(23)5-4-13-17-6-7-18-13/h4-7,11-12H,2-3,8-9H2,1H3,(H,17,18)/b5-4+/t11-,12+. The number of piperazine rings is 1. The summed E-state index contributed by atoms with van der Waals surface area (Å²) in [4.78, 5) is 36.8. The van der Waals surface area contributed by atoms with Gasteiger partial charge in [-0.3, -0.25) is 9.59 Å². The molecule has 2 atom stereocenters. The van der Waals surface area contributed by atoms with Gasteiger partial charge >= 0.3 is 0 Å². The number of nitrogens with zero attached hydrogens (tertiary/aromatic N) is 5. The van der Waals surface area contributed by atoms with Gasteiger partial charge in [0.1, 0.15) is 5.82 Å². The molecule has 4 heterocycles. The number of aryl methyl sites for hydroxylation is 1. The van der Waals surface area contributed by atoms with Gasteiger partial charge in [-0.05, 0) is 37.4 Å². The van der Waals surface area contributed by atoms with E-state index in [-0.39, 0.29) is 23.9 Å². The summed E-state index contributed by atoms with van der Waals surface area (Å²) < 4.78 is 3.86. The molecular formula is C16H18N6O2S. The van der Waals surface area contributed by atoms with Crippen LogP contribution in [0.3, 0.4) is 0 Å². The van der Waals surface area contributed by atoms with Gasteiger partial charge in [0.15, 0.2) is 5.69 Å². The molecule has 2 aliphatic heterocycles. The highest BCUT2D eigenvalue weighted by Crippen LogP contribution is 2.32. The van der Waals surface area contributed by atoms with Crippen LogP contribution in [0.25, 0.3) is 6.08 Å². The topological polar surface area (TPSA) is 95.1 Å². The number of imidazole rings is 1. The van der Waals surface area contributed by atoms with E-state index in [1.807, 2.05) is 16.7 Å². The quantitative estimate of drug-likeness (QED) is 0.829. The zero-order chi connectivity index (χ0) is 17.4. The minimum Gasteiger partial charge on any atom is -0.345 e. The van der Waals surface area contributed by atoms with E-state index in [4.69, 9.17) is 0 Å². The Morgan fingerprint density at radius 1 is 1.32 bits per heavy atom. The normalized spacial score (nSPS) is 22.8. The Balaban J connectivity index is 1.46. The van der Waals surface area contributed by atoms with Crippen LogP contribution in [-0.2, 0) is 4.79 Å². The number of hydrogen-bond acceptors (Lipinski definition) is 6. The molecule has 0 radical (unpaired) electrons. The molecule has 2 bridgehead atoms. The predicted molar refractivity (Wildman–Crippen MR) is 91.8 cm³/mol. The second-order valence-electron chi connectivity index (χ2n) is 6.33. The third-order valence-corrected chi connectivity index (χ3v) is 5.42. The van der Waals surface area contributed by atoms with Crippen molar-refractivity contribution in [2.45, 2.75) is 31.8 Å². The van der Waals surface area contributed by atoms with E-state index in [0.717, 1.165) is 17.7 Å². The molecule has 4 rings (SSSR count). The predicted octanol–water partition coefficient (Wildman–Crippen LogP) is 1.10. The summed E-state index contributed by atoms with van der Waals surface area (Å²) in [6.07, 6.45) is 8.39. The van der Waals surface area contributed by atoms with E-state index in [1.165, 1.54) is 17.6 Å². The van der Waals surface area contributed by atoms with Gasteiger partial charge in [-0.2, -0.15) is 0 Å². The first-order valence-electron chi connectivity index (χ1n) is 8.21. The summed E-state index contributed by atoms with van der Waals surface area (Å²) in [5.41, 5.74) is 0.444. The first kappa shape index (κ1) is 15.9. The zero-order valence-corrected chi connectivity index (χ0v) is 14.6. The van der Waals surface area contributed by atoms with Crippen LogP contribution in [0.15, 0.2) is 18.5 Å². The molecule has 130 valence electrons. The van der Waals surface area contributed by atoms with E-state index in [9.17, 15) is 9.59 Å². The van der Waals surface area contributed by atoms with E-state index in [1.54, 1.807) is 18.5 Å². The molecule has 2 saturated heterocycles. The van der Waals surface area contributed by atoms with Crippen molar-refractivity contribution in [2.24, 2.45) is 0 Å². The average Bonchev–Trinajstić information content (AvgIpc) is 3.32. The Labute approximate surface area is 148 Å². The SMILES string of the molecule is Cc1snnc1C(=O)N1[C@@H]2CC[C@H]1CN(C(=O)/C=C/c1ncc[nH]1)C2. The van der Waals surface area contributed by atoms with Crippen molar-refractivity contribution in [3.63, 3.8) is 0 Å². The summed E-state index contributed by atoms with van der Waals surface area (Å²) in [5.74, 6) is 0.542. The molecule has 0 unspecified atom stereocenters. The fraction of sp³-hybridized carbons (Fsp3) is 0.438. The van der Waals surface area contributed by atoms with Gasteiger partial charge in [0.05, 0.1) is 17.0 Å². The third kappa shape index (κ3) is 2.95. The molecular weight excluding hydrogens is 340 g/mol. The fourth-order valence-electron chi connectivity index (χ4n) is 3.59. The molecule has 2 amide bonds. The molecule has 2 aromatic heterocycles. The number of nitrogens with one attached hydrogen (secondary N) is 1.